The van der Waals surface area contributed by atoms with Gasteiger partial charge in [0.25, 0.3) is 0 Å². The van der Waals surface area contributed by atoms with Crippen molar-refractivity contribution in [1.29, 1.82) is 0 Å². The second-order valence-corrected chi connectivity index (χ2v) is 8.85. The van der Waals surface area contributed by atoms with E-state index < -0.39 is 24.2 Å². The molecular formula is C28H31N3O6S. The van der Waals surface area contributed by atoms with Gasteiger partial charge in [-0.3, -0.25) is 10.1 Å². The maximum absolute atomic E-state index is 12.9. The van der Waals surface area contributed by atoms with Crippen LogP contribution in [0.5, 0.6) is 11.5 Å². The predicted octanol–water partition coefficient (Wildman–Crippen LogP) is 5.59. The molecule has 9 nitrogen and oxygen atoms in total. The molecule has 0 bridgehead atoms. The summed E-state index contributed by atoms with van der Waals surface area (Å²) >= 11 is 1.59. The number of hydrogen-bond acceptors (Lipinski definition) is 8. The topological polar surface area (TPSA) is 132 Å². The van der Waals surface area contributed by atoms with Crippen molar-refractivity contribution in [1.82, 2.24) is 0 Å². The molecule has 10 heteroatoms. The Labute approximate surface area is 226 Å². The summed E-state index contributed by atoms with van der Waals surface area (Å²) in [5.74, 6) is -0.320. The number of nitrogens with two attached hydrogens (primary N) is 1. The Morgan fingerprint density at radius 2 is 1.82 bits per heavy atom. The van der Waals surface area contributed by atoms with E-state index in [0.717, 1.165) is 4.90 Å². The summed E-state index contributed by atoms with van der Waals surface area (Å²) in [6.07, 6.45) is 2.12. The van der Waals surface area contributed by atoms with Crippen LogP contribution in [0.2, 0.25) is 0 Å². The molecule has 0 aliphatic heterocycles. The second kappa shape index (κ2) is 14.0. The lowest BCUT2D eigenvalue weighted by Gasteiger charge is -2.25. The molecule has 2 amide bonds. The Bertz CT molecular complexity index is 1270. The summed E-state index contributed by atoms with van der Waals surface area (Å²) in [6, 6.07) is 18.8. The van der Waals surface area contributed by atoms with Crippen LogP contribution in [0, 0.1) is 0 Å². The number of hydrogen-bond donors (Lipinski definition) is 4. The van der Waals surface area contributed by atoms with E-state index in [1.807, 2.05) is 18.4 Å². The van der Waals surface area contributed by atoms with Crippen LogP contribution >= 0.6 is 11.8 Å². The van der Waals surface area contributed by atoms with Crippen LogP contribution in [-0.2, 0) is 14.3 Å². The van der Waals surface area contributed by atoms with E-state index in [0.29, 0.717) is 22.6 Å². The number of thioether (sulfide) groups is 1. The number of methoxy groups -OCH3 is 1. The minimum atomic E-state index is -1.01. The molecule has 0 spiro atoms. The van der Waals surface area contributed by atoms with E-state index >= 15 is 0 Å². The normalized spacial score (nSPS) is 12.5. The summed E-state index contributed by atoms with van der Waals surface area (Å²) < 4.78 is 16.8. The highest BCUT2D eigenvalue weighted by atomic mass is 32.2. The largest absolute Gasteiger partial charge is 0.504 e. The fourth-order valence-corrected chi connectivity index (χ4v) is 3.96. The van der Waals surface area contributed by atoms with Gasteiger partial charge in [-0.05, 0) is 73.3 Å². The molecule has 0 radical (unpaired) electrons. The first-order valence-electron chi connectivity index (χ1n) is 11.8. The van der Waals surface area contributed by atoms with Crippen LogP contribution in [0.25, 0.3) is 0 Å². The van der Waals surface area contributed by atoms with Crippen molar-refractivity contribution in [2.24, 2.45) is 0 Å². The first kappa shape index (κ1) is 28.4. The number of phenolic OH excluding ortho intramolecular Hbond substituents is 1. The van der Waals surface area contributed by atoms with Crippen molar-refractivity contribution < 1.29 is 28.9 Å². The van der Waals surface area contributed by atoms with Gasteiger partial charge < -0.3 is 30.4 Å². The molecule has 0 aliphatic rings. The number of anilines is 3. The number of para-hydroxylation sites is 2. The van der Waals surface area contributed by atoms with Crippen molar-refractivity contribution in [3.05, 3.63) is 84.4 Å². The number of nitrogens with one attached hydrogen (secondary N) is 2. The van der Waals surface area contributed by atoms with E-state index in [1.165, 1.54) is 25.3 Å². The molecule has 2 atom stereocenters. The molecule has 0 saturated carbocycles. The van der Waals surface area contributed by atoms with E-state index in [9.17, 15) is 14.7 Å². The molecule has 0 heterocycles. The highest BCUT2D eigenvalue weighted by Gasteiger charge is 2.27. The minimum absolute atomic E-state index is 0.136. The number of nitrogen functional groups attached to an aromatic ring is 1. The highest BCUT2D eigenvalue weighted by molar-refractivity contribution is 7.98. The fourth-order valence-electron chi connectivity index (χ4n) is 3.55. The molecule has 0 fully saturated rings. The molecule has 0 aromatic heterocycles. The average molecular weight is 538 g/mol. The third-order valence-electron chi connectivity index (χ3n) is 5.42. The molecule has 0 aliphatic carbocycles. The second-order valence-electron chi connectivity index (χ2n) is 7.97. The van der Waals surface area contributed by atoms with Crippen molar-refractivity contribution in [2.75, 3.05) is 36.3 Å². The standard InChI is InChI=1S/C28H31N3O6S/c1-4-36-25(15-16-26(33)31-22-8-6-5-7-21(22)29)27(18-9-14-24(35-2)23(32)17-18)37-28(34)30-19-10-12-20(38-3)13-11-19/h5-17,25,27,32H,4,29H2,1-3H3,(H,30,34)(H,31,33)/b16-15+/t25-,27-/m1/s1. The van der Waals surface area contributed by atoms with Gasteiger partial charge in [0, 0.05) is 23.3 Å². The van der Waals surface area contributed by atoms with E-state index in [1.54, 1.807) is 67.2 Å². The third kappa shape index (κ3) is 7.92. The number of carbonyl (C=O) groups excluding carboxylic acids is 2. The Morgan fingerprint density at radius 1 is 1.08 bits per heavy atom. The number of phenols is 1. The maximum Gasteiger partial charge on any atom is 0.412 e. The maximum atomic E-state index is 12.9. The Hall–Kier alpha value is -4.15. The van der Waals surface area contributed by atoms with Crippen molar-refractivity contribution >= 4 is 40.8 Å². The van der Waals surface area contributed by atoms with Gasteiger partial charge in [0.1, 0.15) is 6.10 Å². The number of rotatable bonds is 11. The molecular weight excluding hydrogens is 506 g/mol. The fraction of sp³-hybridized carbons (Fsp3) is 0.214. The van der Waals surface area contributed by atoms with Gasteiger partial charge >= 0.3 is 6.09 Å². The lowest BCUT2D eigenvalue weighted by atomic mass is 10.0. The molecule has 5 N–H and O–H groups in total. The molecule has 3 aromatic carbocycles. The average Bonchev–Trinajstić information content (AvgIpc) is 2.91. The smallest absolute Gasteiger partial charge is 0.412 e. The molecule has 3 aromatic rings. The zero-order valence-electron chi connectivity index (χ0n) is 21.3. The number of carbonyl (C=O) groups is 2. The quantitative estimate of drug-likeness (QED) is 0.141. The van der Waals surface area contributed by atoms with Crippen molar-refractivity contribution in [3.8, 4) is 11.5 Å². The van der Waals surface area contributed by atoms with Gasteiger partial charge in [-0.15, -0.1) is 11.8 Å². The number of amides is 2. The number of benzene rings is 3. The summed E-state index contributed by atoms with van der Waals surface area (Å²) in [6.45, 7) is 2.05. The SMILES string of the molecule is CCO[C@H](/C=C/C(=O)Nc1ccccc1N)[C@H](OC(=O)Nc1ccc(SC)cc1)c1ccc(OC)c(O)c1. The Balaban J connectivity index is 1.85. The van der Waals surface area contributed by atoms with Gasteiger partial charge in [0.05, 0.1) is 18.5 Å². The van der Waals surface area contributed by atoms with Gasteiger partial charge in [-0.2, -0.15) is 0 Å². The molecule has 0 unspecified atom stereocenters. The van der Waals surface area contributed by atoms with Crippen LogP contribution < -0.4 is 21.1 Å². The van der Waals surface area contributed by atoms with E-state index in [-0.39, 0.29) is 18.1 Å². The minimum Gasteiger partial charge on any atom is -0.504 e. The zero-order valence-corrected chi connectivity index (χ0v) is 22.2. The monoisotopic (exact) mass is 537 g/mol. The van der Waals surface area contributed by atoms with Crippen LogP contribution in [0.1, 0.15) is 18.6 Å². The van der Waals surface area contributed by atoms with Gasteiger partial charge in [0.15, 0.2) is 17.6 Å². The molecule has 38 heavy (non-hydrogen) atoms. The first-order chi connectivity index (χ1) is 18.3. The van der Waals surface area contributed by atoms with Gasteiger partial charge in [-0.25, -0.2) is 4.79 Å². The highest BCUT2D eigenvalue weighted by Crippen LogP contribution is 2.33. The summed E-state index contributed by atoms with van der Waals surface area (Å²) in [5.41, 5.74) is 7.78. The number of ether oxygens (including phenoxy) is 3. The van der Waals surface area contributed by atoms with E-state index in [2.05, 4.69) is 10.6 Å². The van der Waals surface area contributed by atoms with Crippen molar-refractivity contribution in [3.63, 3.8) is 0 Å². The van der Waals surface area contributed by atoms with Crippen LogP contribution in [0.4, 0.5) is 21.9 Å². The predicted molar refractivity (Wildman–Crippen MR) is 150 cm³/mol. The molecule has 200 valence electrons. The molecule has 0 saturated heterocycles. The Kier molecular flexibility index (Phi) is 10.4. The van der Waals surface area contributed by atoms with Gasteiger partial charge in [0.2, 0.25) is 5.91 Å². The van der Waals surface area contributed by atoms with E-state index in [4.69, 9.17) is 19.9 Å². The Morgan fingerprint density at radius 3 is 2.45 bits per heavy atom. The summed E-state index contributed by atoms with van der Waals surface area (Å²) in [7, 11) is 1.43. The molecule has 3 rings (SSSR count). The lowest BCUT2D eigenvalue weighted by Crippen LogP contribution is -2.28. The van der Waals surface area contributed by atoms with Crippen LogP contribution in [-0.4, -0.2) is 43.2 Å². The third-order valence-corrected chi connectivity index (χ3v) is 6.16. The summed E-state index contributed by atoms with van der Waals surface area (Å²) in [5, 5.41) is 15.8. The van der Waals surface area contributed by atoms with Crippen LogP contribution in [0.15, 0.2) is 83.8 Å². The summed E-state index contributed by atoms with van der Waals surface area (Å²) in [4.78, 5) is 26.5. The lowest BCUT2D eigenvalue weighted by molar-refractivity contribution is -0.112. The zero-order chi connectivity index (χ0) is 27.5. The van der Waals surface area contributed by atoms with Crippen LogP contribution in [0.3, 0.4) is 0 Å². The van der Waals surface area contributed by atoms with Crippen molar-refractivity contribution in [2.45, 2.75) is 24.0 Å². The number of aromatic hydroxyl groups is 1. The van der Waals surface area contributed by atoms with Gasteiger partial charge in [-0.1, -0.05) is 18.2 Å². The first-order valence-corrected chi connectivity index (χ1v) is 13.0.